The Hall–Kier alpha value is -1.66. The maximum atomic E-state index is 11.9. The Balaban J connectivity index is 1.81. The van der Waals surface area contributed by atoms with Gasteiger partial charge in [-0.25, -0.2) is 4.79 Å². The van der Waals surface area contributed by atoms with Crippen molar-refractivity contribution in [2.45, 2.75) is 19.5 Å². The second kappa shape index (κ2) is 7.70. The molecule has 2 aromatic heterocycles. The summed E-state index contributed by atoms with van der Waals surface area (Å²) in [5.74, 6) is 0. The van der Waals surface area contributed by atoms with Gasteiger partial charge in [-0.15, -0.1) is 11.3 Å². The third-order valence-corrected chi connectivity index (χ3v) is 5.64. The van der Waals surface area contributed by atoms with Crippen molar-refractivity contribution in [3.8, 4) is 0 Å². The number of benzene rings is 1. The highest BCUT2D eigenvalue weighted by atomic mass is 35.5. The lowest BCUT2D eigenvalue weighted by atomic mass is 10.1. The van der Waals surface area contributed by atoms with E-state index in [1.54, 1.807) is 11.3 Å². The molecule has 25 heavy (non-hydrogen) atoms. The highest BCUT2D eigenvalue weighted by Crippen LogP contribution is 2.26. The zero-order valence-electron chi connectivity index (χ0n) is 14.5. The summed E-state index contributed by atoms with van der Waals surface area (Å²) in [5, 5.41) is 7.10. The molecule has 0 aliphatic carbocycles. The van der Waals surface area contributed by atoms with Crippen molar-refractivity contribution in [2.75, 3.05) is 20.6 Å². The van der Waals surface area contributed by atoms with Crippen molar-refractivity contribution in [3.05, 3.63) is 67.2 Å². The number of thiophene rings is 1. The first-order valence-electron chi connectivity index (χ1n) is 8.09. The third-order valence-electron chi connectivity index (χ3n) is 4.26. The quantitative estimate of drug-likeness (QED) is 0.654. The van der Waals surface area contributed by atoms with Crippen molar-refractivity contribution in [1.29, 1.82) is 0 Å². The number of rotatable bonds is 6. The van der Waals surface area contributed by atoms with Crippen molar-refractivity contribution in [2.24, 2.45) is 0 Å². The minimum absolute atomic E-state index is 0.289. The Morgan fingerprint density at radius 2 is 2.12 bits per heavy atom. The molecule has 1 aromatic carbocycles. The molecule has 0 saturated heterocycles. The number of likely N-dealkylation sites (N-methyl/N-ethyl adjacent to an activating group) is 1. The highest BCUT2D eigenvalue weighted by molar-refractivity contribution is 7.10. The van der Waals surface area contributed by atoms with Gasteiger partial charge in [0.2, 0.25) is 0 Å². The molecule has 4 nitrogen and oxygen atoms in total. The second-order valence-electron chi connectivity index (χ2n) is 6.31. The molecule has 0 saturated carbocycles. The Morgan fingerprint density at radius 3 is 2.80 bits per heavy atom. The van der Waals surface area contributed by atoms with Gasteiger partial charge in [0, 0.05) is 34.4 Å². The van der Waals surface area contributed by atoms with Crippen LogP contribution in [-0.4, -0.2) is 25.5 Å². The van der Waals surface area contributed by atoms with Crippen molar-refractivity contribution in [1.82, 2.24) is 10.2 Å². The smallest absolute Gasteiger partial charge is 0.336 e. The van der Waals surface area contributed by atoms with E-state index < -0.39 is 0 Å². The van der Waals surface area contributed by atoms with Crippen molar-refractivity contribution >= 4 is 33.9 Å². The van der Waals surface area contributed by atoms with Crippen LogP contribution in [0.5, 0.6) is 0 Å². The number of halogens is 1. The Morgan fingerprint density at radius 1 is 1.32 bits per heavy atom. The minimum atomic E-state index is -0.339. The molecule has 2 heterocycles. The molecule has 0 bridgehead atoms. The molecule has 1 N–H and O–H groups in total. The summed E-state index contributed by atoms with van der Waals surface area (Å²) in [5.41, 5.74) is 2.03. The fourth-order valence-electron chi connectivity index (χ4n) is 2.86. The molecule has 0 unspecified atom stereocenters. The zero-order chi connectivity index (χ0) is 18.0. The average molecular weight is 377 g/mol. The molecule has 0 aliphatic heterocycles. The van der Waals surface area contributed by atoms with E-state index in [2.05, 4.69) is 41.8 Å². The summed E-state index contributed by atoms with van der Waals surface area (Å²) in [6, 6.07) is 9.72. The van der Waals surface area contributed by atoms with E-state index >= 15 is 0 Å². The van der Waals surface area contributed by atoms with Crippen LogP contribution >= 0.6 is 22.9 Å². The summed E-state index contributed by atoms with van der Waals surface area (Å²) in [4.78, 5) is 15.4. The van der Waals surface area contributed by atoms with E-state index in [1.807, 2.05) is 19.1 Å². The van der Waals surface area contributed by atoms with Gasteiger partial charge in [0.25, 0.3) is 0 Å². The third kappa shape index (κ3) is 4.12. The fourth-order valence-corrected chi connectivity index (χ4v) is 3.94. The Labute approximate surface area is 156 Å². The number of nitrogens with zero attached hydrogens (tertiary/aromatic N) is 1. The molecule has 0 spiro atoms. The summed E-state index contributed by atoms with van der Waals surface area (Å²) in [7, 11) is 4.14. The fraction of sp³-hybridized carbons (Fsp3) is 0.316. The molecule has 0 radical (unpaired) electrons. The summed E-state index contributed by atoms with van der Waals surface area (Å²) >= 11 is 8.00. The number of hydrogen-bond donors (Lipinski definition) is 1. The summed E-state index contributed by atoms with van der Waals surface area (Å²) in [6.45, 7) is 3.27. The Kier molecular flexibility index (Phi) is 5.59. The molecule has 0 amide bonds. The lowest BCUT2D eigenvalue weighted by molar-refractivity contribution is 0.292. The lowest BCUT2D eigenvalue weighted by Gasteiger charge is -2.23. The largest absolute Gasteiger partial charge is 0.423 e. The van der Waals surface area contributed by atoms with Crippen molar-refractivity contribution in [3.63, 3.8) is 0 Å². The van der Waals surface area contributed by atoms with Crippen LogP contribution in [0.2, 0.25) is 5.02 Å². The number of fused-ring (bicyclic) bond motifs is 1. The van der Waals surface area contributed by atoms with Gasteiger partial charge in [-0.2, -0.15) is 0 Å². The molecular weight excluding hydrogens is 356 g/mol. The predicted molar refractivity (Wildman–Crippen MR) is 105 cm³/mol. The van der Waals surface area contributed by atoms with Crippen LogP contribution in [0.15, 0.2) is 44.9 Å². The minimum Gasteiger partial charge on any atom is -0.423 e. The molecule has 0 aliphatic rings. The maximum Gasteiger partial charge on any atom is 0.336 e. The number of nitrogens with one attached hydrogen (secondary N) is 1. The predicted octanol–water partition coefficient (Wildman–Crippen LogP) is 4.21. The van der Waals surface area contributed by atoms with Gasteiger partial charge in [-0.05, 0) is 55.7 Å². The van der Waals surface area contributed by atoms with Gasteiger partial charge in [0.1, 0.15) is 5.58 Å². The molecule has 6 heteroatoms. The van der Waals surface area contributed by atoms with E-state index in [1.165, 1.54) is 10.9 Å². The van der Waals surface area contributed by atoms with Gasteiger partial charge >= 0.3 is 5.63 Å². The summed E-state index contributed by atoms with van der Waals surface area (Å²) < 4.78 is 5.31. The Bertz CT molecular complexity index is 919. The average Bonchev–Trinajstić information content (AvgIpc) is 3.06. The van der Waals surface area contributed by atoms with E-state index in [-0.39, 0.29) is 11.7 Å². The van der Waals surface area contributed by atoms with Crippen LogP contribution < -0.4 is 10.9 Å². The van der Waals surface area contributed by atoms with E-state index in [9.17, 15) is 4.79 Å². The molecule has 1 atom stereocenters. The normalized spacial score (nSPS) is 12.8. The first-order valence-corrected chi connectivity index (χ1v) is 9.35. The maximum absolute atomic E-state index is 11.9. The van der Waals surface area contributed by atoms with Crippen LogP contribution in [0.3, 0.4) is 0 Å². The molecule has 0 fully saturated rings. The van der Waals surface area contributed by atoms with E-state index in [4.69, 9.17) is 16.0 Å². The van der Waals surface area contributed by atoms with Gasteiger partial charge < -0.3 is 14.6 Å². The topological polar surface area (TPSA) is 45.5 Å². The SMILES string of the molecule is Cc1cc2oc(=O)cc(CNC[C@H](c3cccs3)N(C)C)c2cc1Cl. The van der Waals surface area contributed by atoms with Crippen LogP contribution in [0.25, 0.3) is 11.0 Å². The van der Waals surface area contributed by atoms with Gasteiger partial charge in [0.15, 0.2) is 0 Å². The van der Waals surface area contributed by atoms with Crippen LogP contribution in [0.4, 0.5) is 0 Å². The monoisotopic (exact) mass is 376 g/mol. The van der Waals surface area contributed by atoms with Crippen LogP contribution in [0, 0.1) is 6.92 Å². The number of aryl methyl sites for hydroxylation is 1. The number of hydrogen-bond acceptors (Lipinski definition) is 5. The first kappa shape index (κ1) is 18.1. The van der Waals surface area contributed by atoms with E-state index in [0.29, 0.717) is 17.2 Å². The summed E-state index contributed by atoms with van der Waals surface area (Å²) in [6.07, 6.45) is 0. The molecule has 3 rings (SSSR count). The molecule has 132 valence electrons. The van der Waals surface area contributed by atoms with Gasteiger partial charge in [-0.3, -0.25) is 0 Å². The van der Waals surface area contributed by atoms with E-state index in [0.717, 1.165) is 23.1 Å². The molecular formula is C19H21ClN2O2S. The highest BCUT2D eigenvalue weighted by Gasteiger charge is 2.15. The molecule has 3 aromatic rings. The second-order valence-corrected chi connectivity index (χ2v) is 7.70. The van der Waals surface area contributed by atoms with Crippen molar-refractivity contribution < 1.29 is 4.42 Å². The first-order chi connectivity index (χ1) is 12.0. The zero-order valence-corrected chi connectivity index (χ0v) is 16.1. The standard InChI is InChI=1S/C19H21ClN2O2S/c1-12-7-17-14(9-15(12)20)13(8-19(23)24-17)10-21-11-16(22(2)3)18-5-4-6-25-18/h4-9,16,21H,10-11H2,1-3H3/t16-/m1/s1. The van der Waals surface area contributed by atoms with Crippen LogP contribution in [-0.2, 0) is 6.54 Å². The van der Waals surface area contributed by atoms with Crippen LogP contribution in [0.1, 0.15) is 22.0 Å². The van der Waals surface area contributed by atoms with Gasteiger partial charge in [0.05, 0.1) is 6.04 Å². The lowest BCUT2D eigenvalue weighted by Crippen LogP contribution is -2.30. The van der Waals surface area contributed by atoms with Gasteiger partial charge in [-0.1, -0.05) is 17.7 Å².